The van der Waals surface area contributed by atoms with Crippen molar-refractivity contribution in [2.45, 2.75) is 19.0 Å². The quantitative estimate of drug-likeness (QED) is 0.683. The molecule has 2 aromatic carbocycles. The highest BCUT2D eigenvalue weighted by Gasteiger charge is 2.34. The summed E-state index contributed by atoms with van der Waals surface area (Å²) < 4.78 is 5.31. The zero-order valence-corrected chi connectivity index (χ0v) is 14.1. The Morgan fingerprint density at radius 1 is 1.21 bits per heavy atom. The van der Waals surface area contributed by atoms with Gasteiger partial charge in [0.25, 0.3) is 0 Å². The van der Waals surface area contributed by atoms with Crippen LogP contribution in [0.5, 0.6) is 5.75 Å². The number of benzene rings is 2. The topological polar surface area (TPSA) is 74.4 Å². The number of rotatable bonds is 4. The van der Waals surface area contributed by atoms with E-state index < -0.39 is 6.04 Å². The first-order valence-corrected chi connectivity index (χ1v) is 7.94. The Labute approximate surface area is 145 Å². The summed E-state index contributed by atoms with van der Waals surface area (Å²) in [5.74, 6) is 0.343. The minimum absolute atomic E-state index is 0.179. The fraction of sp³-hybridized carbons (Fsp3) is 0.235. The van der Waals surface area contributed by atoms with Gasteiger partial charge in [-0.05, 0) is 24.1 Å². The summed E-state index contributed by atoms with van der Waals surface area (Å²) in [6.45, 7) is 1.88. The van der Waals surface area contributed by atoms with Crippen molar-refractivity contribution in [3.05, 3.63) is 58.6 Å². The van der Waals surface area contributed by atoms with Gasteiger partial charge >= 0.3 is 0 Å². The maximum Gasteiger partial charge on any atom is 0.245 e. The van der Waals surface area contributed by atoms with Gasteiger partial charge in [0, 0.05) is 11.1 Å². The minimum atomic E-state index is -0.479. The molecule has 2 atom stereocenters. The summed E-state index contributed by atoms with van der Waals surface area (Å²) in [6, 6.07) is 12.6. The molecule has 1 heterocycles. The Bertz CT molecular complexity index is 739. The van der Waals surface area contributed by atoms with Crippen LogP contribution >= 0.6 is 11.6 Å². The van der Waals surface area contributed by atoms with Crippen molar-refractivity contribution in [1.29, 1.82) is 0 Å². The van der Waals surface area contributed by atoms with E-state index >= 15 is 0 Å². The molecule has 1 aliphatic heterocycles. The van der Waals surface area contributed by atoms with Crippen LogP contribution in [0, 0.1) is 6.92 Å². The van der Waals surface area contributed by atoms with Crippen LogP contribution in [-0.2, 0) is 4.79 Å². The van der Waals surface area contributed by atoms with E-state index in [0.29, 0.717) is 16.5 Å². The predicted octanol–water partition coefficient (Wildman–Crippen LogP) is 2.32. The lowest BCUT2D eigenvalue weighted by Crippen LogP contribution is -2.41. The number of hydrogen-bond donors (Lipinski definition) is 4. The van der Waals surface area contributed by atoms with Gasteiger partial charge in [-0.1, -0.05) is 41.9 Å². The molecule has 1 aliphatic rings. The summed E-state index contributed by atoms with van der Waals surface area (Å²) in [4.78, 5) is 12.7. The van der Waals surface area contributed by atoms with Crippen molar-refractivity contribution >= 4 is 23.2 Å². The number of amides is 1. The lowest BCUT2D eigenvalue weighted by atomic mass is 10.00. The molecular formula is C17H19ClN4O2. The van der Waals surface area contributed by atoms with E-state index in [1.54, 1.807) is 19.2 Å². The third-order valence-corrected chi connectivity index (χ3v) is 4.38. The molecule has 24 heavy (non-hydrogen) atoms. The number of nitrogens with one attached hydrogen (secondary N) is 4. The van der Waals surface area contributed by atoms with Crippen LogP contribution in [0.1, 0.15) is 17.2 Å². The largest absolute Gasteiger partial charge is 0.495 e. The maximum absolute atomic E-state index is 12.7. The van der Waals surface area contributed by atoms with E-state index in [-0.39, 0.29) is 11.9 Å². The molecule has 0 spiro atoms. The lowest BCUT2D eigenvalue weighted by Gasteiger charge is -2.19. The van der Waals surface area contributed by atoms with Crippen LogP contribution < -0.4 is 26.4 Å². The average Bonchev–Trinajstić information content (AvgIpc) is 3.08. The number of methoxy groups -OCH3 is 1. The van der Waals surface area contributed by atoms with Crippen molar-refractivity contribution in [2.75, 3.05) is 12.4 Å². The van der Waals surface area contributed by atoms with E-state index in [0.717, 1.165) is 11.1 Å². The van der Waals surface area contributed by atoms with Gasteiger partial charge in [0.15, 0.2) is 0 Å². The molecule has 0 saturated carbocycles. The Morgan fingerprint density at radius 3 is 2.67 bits per heavy atom. The Hall–Kier alpha value is -2.12. The molecule has 0 aromatic heterocycles. The van der Waals surface area contributed by atoms with E-state index in [1.807, 2.05) is 37.3 Å². The van der Waals surface area contributed by atoms with Crippen molar-refractivity contribution in [3.63, 3.8) is 0 Å². The first-order valence-electron chi connectivity index (χ1n) is 7.56. The lowest BCUT2D eigenvalue weighted by molar-refractivity contribution is -0.118. The SMILES string of the molecule is COc1cc(Cl)c(C)cc1NC(=O)C1NNNC1c1ccccc1. The third-order valence-electron chi connectivity index (χ3n) is 3.97. The predicted molar refractivity (Wildman–Crippen MR) is 93.7 cm³/mol. The first kappa shape index (κ1) is 16.7. The molecular weight excluding hydrogens is 328 g/mol. The van der Waals surface area contributed by atoms with Gasteiger partial charge < -0.3 is 10.1 Å². The summed E-state index contributed by atoms with van der Waals surface area (Å²) in [5, 5.41) is 3.50. The van der Waals surface area contributed by atoms with E-state index in [1.165, 1.54) is 0 Å². The van der Waals surface area contributed by atoms with Gasteiger partial charge in [0.1, 0.15) is 11.8 Å². The van der Waals surface area contributed by atoms with Gasteiger partial charge in [-0.15, -0.1) is 0 Å². The molecule has 1 fully saturated rings. The number of hydrogen-bond acceptors (Lipinski definition) is 5. The zero-order valence-electron chi connectivity index (χ0n) is 13.4. The molecule has 126 valence electrons. The molecule has 2 unspecified atom stereocenters. The number of ether oxygens (including phenoxy) is 1. The Balaban J connectivity index is 1.81. The van der Waals surface area contributed by atoms with Crippen LogP contribution in [0.25, 0.3) is 0 Å². The summed E-state index contributed by atoms with van der Waals surface area (Å²) in [6.07, 6.45) is 0. The van der Waals surface area contributed by atoms with Crippen LogP contribution in [0.2, 0.25) is 5.02 Å². The smallest absolute Gasteiger partial charge is 0.245 e. The summed E-state index contributed by atoms with van der Waals surface area (Å²) in [5.41, 5.74) is 11.3. The molecule has 0 bridgehead atoms. The fourth-order valence-corrected chi connectivity index (χ4v) is 2.81. The number of anilines is 1. The maximum atomic E-state index is 12.7. The number of hydrazine groups is 2. The van der Waals surface area contributed by atoms with Crippen molar-refractivity contribution in [2.24, 2.45) is 0 Å². The van der Waals surface area contributed by atoms with Gasteiger partial charge in [0.2, 0.25) is 5.91 Å². The molecule has 0 aliphatic carbocycles. The molecule has 6 nitrogen and oxygen atoms in total. The van der Waals surface area contributed by atoms with Crippen molar-refractivity contribution in [3.8, 4) is 5.75 Å². The van der Waals surface area contributed by atoms with Crippen molar-refractivity contribution in [1.82, 2.24) is 16.4 Å². The van der Waals surface area contributed by atoms with Gasteiger partial charge in [-0.25, -0.2) is 10.9 Å². The fourth-order valence-electron chi connectivity index (χ4n) is 2.66. The number of halogens is 1. The van der Waals surface area contributed by atoms with Crippen LogP contribution in [0.15, 0.2) is 42.5 Å². The van der Waals surface area contributed by atoms with E-state index in [4.69, 9.17) is 16.3 Å². The molecule has 1 saturated heterocycles. The molecule has 3 rings (SSSR count). The number of aryl methyl sites for hydroxylation is 1. The minimum Gasteiger partial charge on any atom is -0.495 e. The summed E-state index contributed by atoms with van der Waals surface area (Å²) >= 11 is 6.11. The monoisotopic (exact) mass is 346 g/mol. The van der Waals surface area contributed by atoms with Gasteiger partial charge in [-0.2, -0.15) is 5.53 Å². The van der Waals surface area contributed by atoms with E-state index in [2.05, 4.69) is 21.7 Å². The second kappa shape index (κ2) is 7.19. The Kier molecular flexibility index (Phi) is 5.01. The third kappa shape index (κ3) is 3.37. The van der Waals surface area contributed by atoms with Crippen molar-refractivity contribution < 1.29 is 9.53 Å². The van der Waals surface area contributed by atoms with Crippen LogP contribution in [0.4, 0.5) is 5.69 Å². The van der Waals surface area contributed by atoms with Crippen LogP contribution in [-0.4, -0.2) is 19.1 Å². The van der Waals surface area contributed by atoms with E-state index in [9.17, 15) is 4.79 Å². The summed E-state index contributed by atoms with van der Waals surface area (Å²) in [7, 11) is 1.54. The zero-order chi connectivity index (χ0) is 17.1. The van der Waals surface area contributed by atoms with Gasteiger partial charge in [-0.3, -0.25) is 4.79 Å². The molecule has 2 aromatic rings. The van der Waals surface area contributed by atoms with Gasteiger partial charge in [0.05, 0.1) is 18.8 Å². The molecule has 7 heteroatoms. The highest BCUT2D eigenvalue weighted by Crippen LogP contribution is 2.31. The normalized spacial score (nSPS) is 20.0. The van der Waals surface area contributed by atoms with Crippen LogP contribution in [0.3, 0.4) is 0 Å². The highest BCUT2D eigenvalue weighted by molar-refractivity contribution is 6.31. The second-order valence-electron chi connectivity index (χ2n) is 5.57. The first-order chi connectivity index (χ1) is 11.6. The second-order valence-corrected chi connectivity index (χ2v) is 5.98. The Morgan fingerprint density at radius 2 is 1.96 bits per heavy atom. The number of carbonyl (C=O) groups excluding carboxylic acids is 1. The molecule has 1 amide bonds. The number of carbonyl (C=O) groups is 1. The standard InChI is InChI=1S/C17H19ClN4O2/c1-10-8-13(14(24-2)9-12(10)18)19-17(23)16-15(20-22-21-16)11-6-4-3-5-7-11/h3-9,15-16,20-22H,1-2H3,(H,19,23). The molecule has 4 N–H and O–H groups in total. The average molecular weight is 347 g/mol. The molecule has 0 radical (unpaired) electrons. The highest BCUT2D eigenvalue weighted by atomic mass is 35.5.